The molecule has 0 saturated heterocycles. The van der Waals surface area contributed by atoms with E-state index in [1.807, 2.05) is 36.4 Å². The Balaban J connectivity index is 1.33. The second kappa shape index (κ2) is 7.28. The average Bonchev–Trinajstić information content (AvgIpc) is 3.29. The molecule has 0 radical (unpaired) electrons. The standard InChI is InChI=1S/C21H19ClN6/c22-16-3-1-2-15(12-16)18-13-24-19(25-18)6-7-20-26-27-21(28(20)17-4-5-17)14-8-10-23-11-9-14/h1-3,8-12,17H,4-7,13H2. The molecule has 140 valence electrons. The molecule has 0 N–H and O–H groups in total. The first kappa shape index (κ1) is 17.3. The van der Waals surface area contributed by atoms with E-state index in [4.69, 9.17) is 16.6 Å². The summed E-state index contributed by atoms with van der Waals surface area (Å²) >= 11 is 6.09. The van der Waals surface area contributed by atoms with E-state index in [2.05, 4.69) is 24.7 Å². The first-order valence-corrected chi connectivity index (χ1v) is 9.87. The fourth-order valence-electron chi connectivity index (χ4n) is 3.48. The van der Waals surface area contributed by atoms with Crippen LogP contribution >= 0.6 is 11.6 Å². The molecule has 1 aliphatic heterocycles. The number of aromatic nitrogens is 4. The van der Waals surface area contributed by atoms with E-state index in [1.165, 1.54) is 12.8 Å². The third-order valence-electron chi connectivity index (χ3n) is 5.02. The molecule has 2 aliphatic rings. The molecule has 0 bridgehead atoms. The summed E-state index contributed by atoms with van der Waals surface area (Å²) in [5, 5.41) is 9.65. The van der Waals surface area contributed by atoms with Gasteiger partial charge < -0.3 is 4.57 Å². The lowest BCUT2D eigenvalue weighted by atomic mass is 10.1. The summed E-state index contributed by atoms with van der Waals surface area (Å²) in [7, 11) is 0. The van der Waals surface area contributed by atoms with E-state index in [9.17, 15) is 0 Å². The van der Waals surface area contributed by atoms with Crippen LogP contribution in [0, 0.1) is 0 Å². The van der Waals surface area contributed by atoms with E-state index in [0.29, 0.717) is 12.6 Å². The van der Waals surface area contributed by atoms with Gasteiger partial charge in [-0.1, -0.05) is 23.7 Å². The Morgan fingerprint density at radius 1 is 1.00 bits per heavy atom. The van der Waals surface area contributed by atoms with Gasteiger partial charge in [-0.15, -0.1) is 10.2 Å². The monoisotopic (exact) mass is 390 g/mol. The molecule has 0 atom stereocenters. The lowest BCUT2D eigenvalue weighted by Gasteiger charge is -2.08. The zero-order valence-electron chi connectivity index (χ0n) is 15.3. The molecule has 0 spiro atoms. The van der Waals surface area contributed by atoms with E-state index in [0.717, 1.165) is 52.2 Å². The highest BCUT2D eigenvalue weighted by Crippen LogP contribution is 2.39. The molecule has 1 saturated carbocycles. The molecule has 28 heavy (non-hydrogen) atoms. The second-order valence-corrected chi connectivity index (χ2v) is 7.51. The van der Waals surface area contributed by atoms with Crippen molar-refractivity contribution in [3.8, 4) is 11.4 Å². The van der Waals surface area contributed by atoms with Crippen molar-refractivity contribution in [3.05, 3.63) is 65.2 Å². The van der Waals surface area contributed by atoms with Crippen molar-refractivity contribution in [2.45, 2.75) is 31.7 Å². The van der Waals surface area contributed by atoms with E-state index in [-0.39, 0.29) is 0 Å². The number of pyridine rings is 1. The van der Waals surface area contributed by atoms with Crippen LogP contribution in [-0.2, 0) is 6.42 Å². The molecular formula is C21H19ClN6. The van der Waals surface area contributed by atoms with Gasteiger partial charge in [-0.25, -0.2) is 4.99 Å². The minimum absolute atomic E-state index is 0.504. The Labute approximate surface area is 168 Å². The first-order chi connectivity index (χ1) is 13.8. The Morgan fingerprint density at radius 2 is 1.86 bits per heavy atom. The summed E-state index contributed by atoms with van der Waals surface area (Å²) in [6.07, 6.45) is 7.48. The molecule has 3 aromatic rings. The van der Waals surface area contributed by atoms with Crippen molar-refractivity contribution in [2.75, 3.05) is 6.54 Å². The number of aliphatic imine (C=N–C) groups is 2. The summed E-state index contributed by atoms with van der Waals surface area (Å²) in [5.74, 6) is 2.80. The van der Waals surface area contributed by atoms with Crippen LogP contribution in [0.1, 0.15) is 36.7 Å². The van der Waals surface area contributed by atoms with Gasteiger partial charge in [-0.3, -0.25) is 9.98 Å². The van der Waals surface area contributed by atoms with Gasteiger partial charge in [0.05, 0.1) is 12.3 Å². The largest absolute Gasteiger partial charge is 0.308 e. The molecule has 1 aliphatic carbocycles. The van der Waals surface area contributed by atoms with Crippen molar-refractivity contribution in [2.24, 2.45) is 9.98 Å². The lowest BCUT2D eigenvalue weighted by Crippen LogP contribution is -2.06. The van der Waals surface area contributed by atoms with Gasteiger partial charge in [0.1, 0.15) is 11.7 Å². The minimum atomic E-state index is 0.504. The summed E-state index contributed by atoms with van der Waals surface area (Å²) in [6.45, 7) is 0.604. The maximum Gasteiger partial charge on any atom is 0.164 e. The molecule has 0 amide bonds. The first-order valence-electron chi connectivity index (χ1n) is 9.49. The quantitative estimate of drug-likeness (QED) is 0.634. The molecule has 6 nitrogen and oxygen atoms in total. The molecule has 1 fully saturated rings. The van der Waals surface area contributed by atoms with Gasteiger partial charge in [-0.2, -0.15) is 0 Å². The predicted molar refractivity (Wildman–Crippen MR) is 110 cm³/mol. The van der Waals surface area contributed by atoms with Gasteiger partial charge in [0, 0.05) is 41.9 Å². The SMILES string of the molecule is Clc1cccc(C2=NC(CCc3nnc(-c4ccncc4)n3C3CC3)=NC2)c1. The van der Waals surface area contributed by atoms with Crippen LogP contribution < -0.4 is 0 Å². The third kappa shape index (κ3) is 3.47. The topological polar surface area (TPSA) is 68.3 Å². The van der Waals surface area contributed by atoms with Gasteiger partial charge in [-0.05, 0) is 42.7 Å². The summed E-state index contributed by atoms with van der Waals surface area (Å²) < 4.78 is 2.28. The summed E-state index contributed by atoms with van der Waals surface area (Å²) in [6, 6.07) is 12.2. The zero-order valence-corrected chi connectivity index (χ0v) is 16.0. The van der Waals surface area contributed by atoms with Crippen molar-refractivity contribution in [1.82, 2.24) is 19.7 Å². The summed E-state index contributed by atoms with van der Waals surface area (Å²) in [5.41, 5.74) is 3.06. The normalized spacial score (nSPS) is 16.2. The maximum absolute atomic E-state index is 6.09. The number of amidine groups is 1. The number of hydrogen-bond acceptors (Lipinski definition) is 5. The third-order valence-corrected chi connectivity index (χ3v) is 5.26. The average molecular weight is 391 g/mol. The van der Waals surface area contributed by atoms with Crippen LogP contribution in [0.25, 0.3) is 11.4 Å². The van der Waals surface area contributed by atoms with Gasteiger partial charge in [0.15, 0.2) is 5.82 Å². The van der Waals surface area contributed by atoms with Crippen LogP contribution in [0.2, 0.25) is 5.02 Å². The Kier molecular flexibility index (Phi) is 4.49. The summed E-state index contributed by atoms with van der Waals surface area (Å²) in [4.78, 5) is 13.4. The number of benzene rings is 1. The van der Waals surface area contributed by atoms with Crippen LogP contribution in [-0.4, -0.2) is 37.8 Å². The minimum Gasteiger partial charge on any atom is -0.308 e. The Hall–Kier alpha value is -2.86. The Morgan fingerprint density at radius 3 is 2.64 bits per heavy atom. The second-order valence-electron chi connectivity index (χ2n) is 7.08. The van der Waals surface area contributed by atoms with Gasteiger partial charge in [0.2, 0.25) is 0 Å². The predicted octanol–water partition coefficient (Wildman–Crippen LogP) is 4.16. The van der Waals surface area contributed by atoms with Crippen LogP contribution in [0.4, 0.5) is 0 Å². The van der Waals surface area contributed by atoms with E-state index >= 15 is 0 Å². The number of nitrogens with zero attached hydrogens (tertiary/aromatic N) is 6. The smallest absolute Gasteiger partial charge is 0.164 e. The fourth-order valence-corrected chi connectivity index (χ4v) is 3.67. The number of hydrogen-bond donors (Lipinski definition) is 0. The lowest BCUT2D eigenvalue weighted by molar-refractivity contribution is 0.686. The van der Waals surface area contributed by atoms with Crippen LogP contribution in [0.15, 0.2) is 58.8 Å². The van der Waals surface area contributed by atoms with Crippen molar-refractivity contribution < 1.29 is 0 Å². The molecule has 2 aromatic heterocycles. The molecule has 7 heteroatoms. The van der Waals surface area contributed by atoms with E-state index in [1.54, 1.807) is 12.4 Å². The van der Waals surface area contributed by atoms with Gasteiger partial charge >= 0.3 is 0 Å². The van der Waals surface area contributed by atoms with Crippen LogP contribution in [0.3, 0.4) is 0 Å². The molecule has 5 rings (SSSR count). The molecule has 1 aromatic carbocycles. The molecule has 0 unspecified atom stereocenters. The highest BCUT2D eigenvalue weighted by atomic mass is 35.5. The molecule has 3 heterocycles. The van der Waals surface area contributed by atoms with Crippen LogP contribution in [0.5, 0.6) is 0 Å². The highest BCUT2D eigenvalue weighted by molar-refractivity contribution is 6.31. The maximum atomic E-state index is 6.09. The zero-order chi connectivity index (χ0) is 18.9. The van der Waals surface area contributed by atoms with Crippen molar-refractivity contribution in [1.29, 1.82) is 0 Å². The Bertz CT molecular complexity index is 1070. The molecular weight excluding hydrogens is 372 g/mol. The highest BCUT2D eigenvalue weighted by Gasteiger charge is 2.30. The van der Waals surface area contributed by atoms with Crippen molar-refractivity contribution >= 4 is 23.1 Å². The number of rotatable bonds is 6. The number of aryl methyl sites for hydroxylation is 1. The fraction of sp³-hybridized carbons (Fsp3) is 0.286. The van der Waals surface area contributed by atoms with Gasteiger partial charge in [0.25, 0.3) is 0 Å². The van der Waals surface area contributed by atoms with Crippen molar-refractivity contribution in [3.63, 3.8) is 0 Å². The van der Waals surface area contributed by atoms with E-state index < -0.39 is 0 Å². The number of halogens is 1.